The van der Waals surface area contributed by atoms with Crippen molar-refractivity contribution in [2.75, 3.05) is 5.73 Å². The molecule has 0 aliphatic carbocycles. The second-order valence-electron chi connectivity index (χ2n) is 3.03. The summed E-state index contributed by atoms with van der Waals surface area (Å²) < 4.78 is 0.774. The maximum Gasteiger partial charge on any atom is 0.221 e. The zero-order valence-electron chi connectivity index (χ0n) is 8.38. The van der Waals surface area contributed by atoms with E-state index in [2.05, 4.69) is 35.9 Å². The number of aromatic nitrogens is 4. The molecule has 0 aliphatic heterocycles. The molecule has 82 valence electrons. The Balaban J connectivity index is 2.26. The van der Waals surface area contributed by atoms with Crippen LogP contribution >= 0.6 is 27.7 Å². The minimum absolute atomic E-state index is 0.234. The molecule has 2 rings (SSSR count). The smallest absolute Gasteiger partial charge is 0.221 e. The standard InChI is InChI=1S/C9H8BrN5S/c1-5-2-13-9(14-3-5)16-7-6(10)4-12-8(11)15-7/h2-4H,1H3,(H2,11,12,15). The summed E-state index contributed by atoms with van der Waals surface area (Å²) in [6, 6.07) is 0. The van der Waals surface area contributed by atoms with Gasteiger partial charge in [-0.15, -0.1) is 0 Å². The summed E-state index contributed by atoms with van der Waals surface area (Å²) in [7, 11) is 0. The van der Waals surface area contributed by atoms with E-state index in [1.54, 1.807) is 18.6 Å². The van der Waals surface area contributed by atoms with Gasteiger partial charge < -0.3 is 5.73 Å². The number of anilines is 1. The van der Waals surface area contributed by atoms with Crippen molar-refractivity contribution in [1.29, 1.82) is 0 Å². The number of aryl methyl sites for hydroxylation is 1. The number of nitrogens with zero attached hydrogens (tertiary/aromatic N) is 4. The molecular weight excluding hydrogens is 290 g/mol. The zero-order valence-corrected chi connectivity index (χ0v) is 10.8. The molecule has 0 saturated heterocycles. The normalized spacial score (nSPS) is 10.4. The summed E-state index contributed by atoms with van der Waals surface area (Å²) in [5.74, 6) is 0.234. The Morgan fingerprint density at radius 3 is 2.56 bits per heavy atom. The van der Waals surface area contributed by atoms with E-state index in [0.717, 1.165) is 10.0 Å². The third kappa shape index (κ3) is 2.67. The maximum absolute atomic E-state index is 5.51. The topological polar surface area (TPSA) is 77.6 Å². The first kappa shape index (κ1) is 11.3. The summed E-state index contributed by atoms with van der Waals surface area (Å²) in [5.41, 5.74) is 6.53. The summed E-state index contributed by atoms with van der Waals surface area (Å²) in [6.07, 6.45) is 5.13. The van der Waals surface area contributed by atoms with Crippen molar-refractivity contribution in [3.8, 4) is 0 Å². The predicted molar refractivity (Wildman–Crippen MR) is 65.0 cm³/mol. The SMILES string of the molecule is Cc1cnc(Sc2nc(N)ncc2Br)nc1. The van der Waals surface area contributed by atoms with Gasteiger partial charge in [0.05, 0.1) is 4.47 Å². The second-order valence-corrected chi connectivity index (χ2v) is 4.84. The highest BCUT2D eigenvalue weighted by molar-refractivity contribution is 9.10. The number of nitrogens with two attached hydrogens (primary N) is 1. The van der Waals surface area contributed by atoms with Crippen LogP contribution in [0.3, 0.4) is 0 Å². The maximum atomic E-state index is 5.51. The van der Waals surface area contributed by atoms with E-state index in [0.29, 0.717) is 10.2 Å². The largest absolute Gasteiger partial charge is 0.368 e. The van der Waals surface area contributed by atoms with Crippen LogP contribution in [0, 0.1) is 6.92 Å². The fraction of sp³-hybridized carbons (Fsp3) is 0.111. The molecule has 0 aliphatic rings. The first-order chi connectivity index (χ1) is 7.65. The quantitative estimate of drug-likeness (QED) is 0.675. The van der Waals surface area contributed by atoms with E-state index in [4.69, 9.17) is 5.73 Å². The molecule has 2 heterocycles. The number of nitrogen functional groups attached to an aromatic ring is 1. The first-order valence-corrected chi connectivity index (χ1v) is 6.00. The van der Waals surface area contributed by atoms with Gasteiger partial charge in [0.15, 0.2) is 5.16 Å². The number of hydrogen-bond acceptors (Lipinski definition) is 6. The van der Waals surface area contributed by atoms with Gasteiger partial charge in [-0.05, 0) is 40.2 Å². The van der Waals surface area contributed by atoms with Crippen molar-refractivity contribution in [2.45, 2.75) is 17.1 Å². The number of halogens is 1. The third-order valence-corrected chi connectivity index (χ3v) is 3.42. The van der Waals surface area contributed by atoms with Crippen LogP contribution < -0.4 is 5.73 Å². The van der Waals surface area contributed by atoms with Gasteiger partial charge in [0.2, 0.25) is 5.95 Å². The van der Waals surface area contributed by atoms with Gasteiger partial charge in [-0.2, -0.15) is 0 Å². The second kappa shape index (κ2) is 4.75. The molecule has 2 aromatic heterocycles. The Hall–Kier alpha value is -1.21. The first-order valence-electron chi connectivity index (χ1n) is 4.39. The summed E-state index contributed by atoms with van der Waals surface area (Å²) in [4.78, 5) is 16.3. The Labute approximate surface area is 105 Å². The fourth-order valence-corrected chi connectivity index (χ4v) is 2.06. The van der Waals surface area contributed by atoms with Crippen molar-refractivity contribution >= 4 is 33.6 Å². The van der Waals surface area contributed by atoms with Gasteiger partial charge in [-0.25, -0.2) is 19.9 Å². The minimum Gasteiger partial charge on any atom is -0.368 e. The van der Waals surface area contributed by atoms with Crippen molar-refractivity contribution < 1.29 is 0 Å². The molecule has 7 heteroatoms. The molecule has 5 nitrogen and oxygen atoms in total. The van der Waals surface area contributed by atoms with Crippen LogP contribution in [0.25, 0.3) is 0 Å². The van der Waals surface area contributed by atoms with Crippen LogP contribution in [0.15, 0.2) is 33.2 Å². The average Bonchev–Trinajstić information content (AvgIpc) is 2.27. The van der Waals surface area contributed by atoms with Crippen LogP contribution in [-0.4, -0.2) is 19.9 Å². The van der Waals surface area contributed by atoms with E-state index >= 15 is 0 Å². The zero-order chi connectivity index (χ0) is 11.5. The highest BCUT2D eigenvalue weighted by atomic mass is 79.9. The molecule has 0 radical (unpaired) electrons. The fourth-order valence-electron chi connectivity index (χ4n) is 0.956. The van der Waals surface area contributed by atoms with Gasteiger partial charge in [-0.1, -0.05) is 0 Å². The average molecular weight is 298 g/mol. The Bertz CT molecular complexity index is 502. The summed E-state index contributed by atoms with van der Waals surface area (Å²) in [6.45, 7) is 1.94. The van der Waals surface area contributed by atoms with E-state index < -0.39 is 0 Å². The monoisotopic (exact) mass is 297 g/mol. The van der Waals surface area contributed by atoms with Crippen molar-refractivity contribution in [2.24, 2.45) is 0 Å². The highest BCUT2D eigenvalue weighted by Crippen LogP contribution is 2.29. The van der Waals surface area contributed by atoms with E-state index in [1.807, 2.05) is 6.92 Å². The minimum atomic E-state index is 0.234. The molecule has 2 N–H and O–H groups in total. The molecule has 16 heavy (non-hydrogen) atoms. The Kier molecular flexibility index (Phi) is 3.35. The molecule has 0 bridgehead atoms. The summed E-state index contributed by atoms with van der Waals surface area (Å²) >= 11 is 4.68. The van der Waals surface area contributed by atoms with Crippen molar-refractivity contribution in [1.82, 2.24) is 19.9 Å². The Morgan fingerprint density at radius 2 is 1.88 bits per heavy atom. The van der Waals surface area contributed by atoms with Gasteiger partial charge in [0, 0.05) is 18.6 Å². The molecule has 0 fully saturated rings. The summed E-state index contributed by atoms with van der Waals surface area (Å²) in [5, 5.41) is 1.33. The third-order valence-electron chi connectivity index (χ3n) is 1.68. The lowest BCUT2D eigenvalue weighted by atomic mass is 10.4. The molecule has 0 unspecified atom stereocenters. The van der Waals surface area contributed by atoms with E-state index in [-0.39, 0.29) is 5.95 Å². The van der Waals surface area contributed by atoms with Gasteiger partial charge in [0.1, 0.15) is 5.03 Å². The lowest BCUT2D eigenvalue weighted by Crippen LogP contribution is -1.96. The van der Waals surface area contributed by atoms with Gasteiger partial charge >= 0.3 is 0 Å². The molecule has 2 aromatic rings. The lowest BCUT2D eigenvalue weighted by molar-refractivity contribution is 0.940. The molecule has 0 spiro atoms. The molecular formula is C9H8BrN5S. The van der Waals surface area contributed by atoms with Gasteiger partial charge in [0.25, 0.3) is 0 Å². The molecule has 0 aromatic carbocycles. The van der Waals surface area contributed by atoms with E-state index in [1.165, 1.54) is 11.8 Å². The van der Waals surface area contributed by atoms with Crippen LogP contribution in [0.5, 0.6) is 0 Å². The van der Waals surface area contributed by atoms with Crippen LogP contribution in [0.1, 0.15) is 5.56 Å². The van der Waals surface area contributed by atoms with Crippen LogP contribution in [-0.2, 0) is 0 Å². The molecule has 0 amide bonds. The molecule has 0 saturated carbocycles. The lowest BCUT2D eigenvalue weighted by Gasteiger charge is -2.02. The van der Waals surface area contributed by atoms with Crippen LogP contribution in [0.4, 0.5) is 5.95 Å². The van der Waals surface area contributed by atoms with Crippen molar-refractivity contribution in [3.05, 3.63) is 28.6 Å². The Morgan fingerprint density at radius 1 is 1.19 bits per heavy atom. The van der Waals surface area contributed by atoms with E-state index in [9.17, 15) is 0 Å². The number of rotatable bonds is 2. The van der Waals surface area contributed by atoms with Crippen molar-refractivity contribution in [3.63, 3.8) is 0 Å². The predicted octanol–water partition coefficient (Wildman–Crippen LogP) is 2.07. The number of hydrogen-bond donors (Lipinski definition) is 1. The van der Waals surface area contributed by atoms with Gasteiger partial charge in [-0.3, -0.25) is 0 Å². The molecule has 0 atom stereocenters. The van der Waals surface area contributed by atoms with Crippen LogP contribution in [0.2, 0.25) is 0 Å². The highest BCUT2D eigenvalue weighted by Gasteiger charge is 2.07.